The van der Waals surface area contributed by atoms with E-state index in [1.54, 1.807) is 36.8 Å². The van der Waals surface area contributed by atoms with Crippen LogP contribution in [0.15, 0.2) is 40.1 Å². The Morgan fingerprint density at radius 2 is 2.11 bits per heavy atom. The van der Waals surface area contributed by atoms with Crippen LogP contribution in [0.3, 0.4) is 0 Å². The van der Waals surface area contributed by atoms with Crippen molar-refractivity contribution in [1.29, 1.82) is 0 Å². The summed E-state index contributed by atoms with van der Waals surface area (Å²) in [6, 6.07) is 5.26. The van der Waals surface area contributed by atoms with E-state index in [1.807, 2.05) is 13.8 Å². The van der Waals surface area contributed by atoms with Gasteiger partial charge in [0.15, 0.2) is 5.76 Å². The second-order valence-electron chi connectivity index (χ2n) is 3.83. The number of hydrazone groups is 1. The minimum absolute atomic E-state index is 0.261. The van der Waals surface area contributed by atoms with Crippen LogP contribution in [-0.4, -0.2) is 17.1 Å². The maximum Gasteiger partial charge on any atom is 0.307 e. The predicted octanol–water partition coefficient (Wildman–Crippen LogP) is 2.06. The number of amides is 1. The number of hydrogen-bond donors (Lipinski definition) is 1. The topological polar surface area (TPSA) is 67.5 Å². The third-order valence-electron chi connectivity index (χ3n) is 2.48. The molecule has 18 heavy (non-hydrogen) atoms. The molecule has 0 saturated heterocycles. The van der Waals surface area contributed by atoms with Gasteiger partial charge in [-0.3, -0.25) is 9.78 Å². The van der Waals surface area contributed by atoms with E-state index in [0.29, 0.717) is 0 Å². The van der Waals surface area contributed by atoms with Crippen LogP contribution in [0.5, 0.6) is 0 Å². The van der Waals surface area contributed by atoms with Gasteiger partial charge < -0.3 is 4.42 Å². The van der Waals surface area contributed by atoms with Crippen molar-refractivity contribution in [3.63, 3.8) is 0 Å². The van der Waals surface area contributed by atoms with E-state index < -0.39 is 0 Å². The van der Waals surface area contributed by atoms with Crippen LogP contribution in [-0.2, 0) is 0 Å². The lowest BCUT2D eigenvalue weighted by Crippen LogP contribution is -2.16. The Morgan fingerprint density at radius 3 is 2.72 bits per heavy atom. The highest BCUT2D eigenvalue weighted by Gasteiger charge is 2.11. The highest BCUT2D eigenvalue weighted by molar-refractivity contribution is 5.92. The minimum Gasteiger partial charge on any atom is -0.456 e. The summed E-state index contributed by atoms with van der Waals surface area (Å²) >= 11 is 0. The average molecular weight is 243 g/mol. The summed E-state index contributed by atoms with van der Waals surface area (Å²) in [5, 5.41) is 3.84. The fraction of sp³-hybridized carbons (Fsp3) is 0.154. The maximum atomic E-state index is 11.7. The molecule has 2 heterocycles. The van der Waals surface area contributed by atoms with Gasteiger partial charge in [0, 0.05) is 12.4 Å². The molecule has 1 N–H and O–H groups in total. The molecule has 0 radical (unpaired) electrons. The molecular weight excluding hydrogens is 230 g/mol. The van der Waals surface area contributed by atoms with Crippen LogP contribution in [0.2, 0.25) is 0 Å². The number of nitrogens with one attached hydrogen (secondary N) is 1. The molecule has 2 aromatic heterocycles. The van der Waals surface area contributed by atoms with E-state index in [0.717, 1.165) is 16.9 Å². The second-order valence-corrected chi connectivity index (χ2v) is 3.83. The zero-order chi connectivity index (χ0) is 13.0. The van der Waals surface area contributed by atoms with Crippen LogP contribution < -0.4 is 5.43 Å². The van der Waals surface area contributed by atoms with Gasteiger partial charge in [-0.25, -0.2) is 5.43 Å². The Kier molecular flexibility index (Phi) is 3.52. The molecular formula is C13H13N3O2. The van der Waals surface area contributed by atoms with Crippen molar-refractivity contribution < 1.29 is 9.21 Å². The molecule has 0 spiro atoms. The van der Waals surface area contributed by atoms with Crippen LogP contribution in [0.25, 0.3) is 0 Å². The van der Waals surface area contributed by atoms with Gasteiger partial charge in [-0.1, -0.05) is 0 Å². The quantitative estimate of drug-likeness (QED) is 0.662. The van der Waals surface area contributed by atoms with Crippen LogP contribution >= 0.6 is 0 Å². The van der Waals surface area contributed by atoms with Gasteiger partial charge in [-0.05, 0) is 43.2 Å². The lowest BCUT2D eigenvalue weighted by molar-refractivity contribution is 0.0926. The largest absolute Gasteiger partial charge is 0.456 e. The highest BCUT2D eigenvalue weighted by Crippen LogP contribution is 2.12. The highest BCUT2D eigenvalue weighted by atomic mass is 16.4. The summed E-state index contributed by atoms with van der Waals surface area (Å²) in [6.07, 6.45) is 4.85. The Bertz CT molecular complexity index is 554. The fourth-order valence-corrected chi connectivity index (χ4v) is 1.36. The van der Waals surface area contributed by atoms with E-state index in [9.17, 15) is 4.79 Å². The SMILES string of the molecule is Cc1cc(C(=O)NN=Cc2ccncc2)oc1C. The lowest BCUT2D eigenvalue weighted by atomic mass is 10.3. The number of carbonyl (C=O) groups is 1. The summed E-state index contributed by atoms with van der Waals surface area (Å²) in [7, 11) is 0. The zero-order valence-electron chi connectivity index (χ0n) is 10.2. The molecule has 0 aliphatic rings. The number of carbonyl (C=O) groups excluding carboxylic acids is 1. The molecule has 0 fully saturated rings. The van der Waals surface area contributed by atoms with Crippen LogP contribution in [0.1, 0.15) is 27.4 Å². The summed E-state index contributed by atoms with van der Waals surface area (Å²) in [5.41, 5.74) is 4.21. The van der Waals surface area contributed by atoms with Crippen molar-refractivity contribution in [2.75, 3.05) is 0 Å². The van der Waals surface area contributed by atoms with Gasteiger partial charge in [-0.2, -0.15) is 5.10 Å². The van der Waals surface area contributed by atoms with Crippen LogP contribution in [0.4, 0.5) is 0 Å². The van der Waals surface area contributed by atoms with E-state index in [2.05, 4.69) is 15.5 Å². The molecule has 92 valence electrons. The van der Waals surface area contributed by atoms with Crippen molar-refractivity contribution >= 4 is 12.1 Å². The van der Waals surface area contributed by atoms with Crippen molar-refractivity contribution in [3.8, 4) is 0 Å². The Balaban J connectivity index is 1.98. The number of rotatable bonds is 3. The van der Waals surface area contributed by atoms with Crippen molar-refractivity contribution in [2.45, 2.75) is 13.8 Å². The summed E-state index contributed by atoms with van der Waals surface area (Å²) in [4.78, 5) is 15.6. The number of pyridine rings is 1. The molecule has 0 aromatic carbocycles. The van der Waals surface area contributed by atoms with Gasteiger partial charge in [0.25, 0.3) is 0 Å². The number of aryl methyl sites for hydroxylation is 2. The number of aromatic nitrogens is 1. The number of hydrogen-bond acceptors (Lipinski definition) is 4. The molecule has 0 atom stereocenters. The third-order valence-corrected chi connectivity index (χ3v) is 2.48. The Morgan fingerprint density at radius 1 is 1.39 bits per heavy atom. The summed E-state index contributed by atoms with van der Waals surface area (Å²) in [6.45, 7) is 3.70. The van der Waals surface area contributed by atoms with E-state index in [-0.39, 0.29) is 11.7 Å². The average Bonchev–Trinajstić information content (AvgIpc) is 2.71. The first-order valence-electron chi connectivity index (χ1n) is 5.47. The van der Waals surface area contributed by atoms with Gasteiger partial charge >= 0.3 is 5.91 Å². The molecule has 5 heteroatoms. The standard InChI is InChI=1S/C13H13N3O2/c1-9-7-12(18-10(9)2)13(17)16-15-8-11-3-5-14-6-4-11/h3-8H,1-2H3,(H,16,17). The third kappa shape index (κ3) is 2.82. The smallest absolute Gasteiger partial charge is 0.307 e. The van der Waals surface area contributed by atoms with Gasteiger partial charge in [0.1, 0.15) is 5.76 Å². The number of furan rings is 1. The van der Waals surface area contributed by atoms with Crippen LogP contribution in [0, 0.1) is 13.8 Å². The van der Waals surface area contributed by atoms with Gasteiger partial charge in [0.05, 0.1) is 6.21 Å². The summed E-state index contributed by atoms with van der Waals surface area (Å²) < 4.78 is 5.28. The second kappa shape index (κ2) is 5.27. The molecule has 2 aromatic rings. The van der Waals surface area contributed by atoms with Crippen molar-refractivity contribution in [3.05, 3.63) is 53.2 Å². The summed E-state index contributed by atoms with van der Waals surface area (Å²) in [5.74, 6) is 0.631. The minimum atomic E-state index is -0.364. The van der Waals surface area contributed by atoms with Crippen molar-refractivity contribution in [2.24, 2.45) is 5.10 Å². The normalized spacial score (nSPS) is 10.8. The number of nitrogens with zero attached hydrogens (tertiary/aromatic N) is 2. The van der Waals surface area contributed by atoms with E-state index in [4.69, 9.17) is 4.42 Å². The fourth-order valence-electron chi connectivity index (χ4n) is 1.36. The van der Waals surface area contributed by atoms with E-state index >= 15 is 0 Å². The maximum absolute atomic E-state index is 11.7. The van der Waals surface area contributed by atoms with Crippen molar-refractivity contribution in [1.82, 2.24) is 10.4 Å². The predicted molar refractivity (Wildman–Crippen MR) is 67.5 cm³/mol. The molecule has 0 unspecified atom stereocenters. The first-order chi connectivity index (χ1) is 8.66. The molecule has 2 rings (SSSR count). The molecule has 0 saturated carbocycles. The Labute approximate surface area is 105 Å². The first kappa shape index (κ1) is 12.0. The van der Waals surface area contributed by atoms with Gasteiger partial charge in [-0.15, -0.1) is 0 Å². The molecule has 5 nitrogen and oxygen atoms in total. The zero-order valence-corrected chi connectivity index (χ0v) is 10.2. The monoisotopic (exact) mass is 243 g/mol. The molecule has 1 amide bonds. The van der Waals surface area contributed by atoms with E-state index in [1.165, 1.54) is 0 Å². The Hall–Kier alpha value is -2.43. The molecule has 0 aliphatic carbocycles. The molecule has 0 aliphatic heterocycles. The van der Waals surface area contributed by atoms with Gasteiger partial charge in [0.2, 0.25) is 0 Å². The lowest BCUT2D eigenvalue weighted by Gasteiger charge is -1.95. The molecule has 0 bridgehead atoms. The first-order valence-corrected chi connectivity index (χ1v) is 5.47.